The normalized spacial score (nSPS) is 7.07. The molecule has 0 atom stereocenters. The minimum absolute atomic E-state index is 0. The van der Waals surface area contributed by atoms with E-state index >= 15 is 0 Å². The first-order chi connectivity index (χ1) is 13.6. The molecule has 0 bridgehead atoms. The van der Waals surface area contributed by atoms with Crippen molar-refractivity contribution in [3.8, 4) is 0 Å². The summed E-state index contributed by atoms with van der Waals surface area (Å²) < 4.78 is 0. The molecule has 146 valence electrons. The van der Waals surface area contributed by atoms with E-state index in [1.807, 2.05) is 24.3 Å². The summed E-state index contributed by atoms with van der Waals surface area (Å²) in [5.74, 6) is 0. The van der Waals surface area contributed by atoms with E-state index in [1.165, 1.54) is 20.6 Å². The standard InChI is InChI=1S/C12H10N4.4CNS.2Pb/c1-3-11(7-13-5-1)9-15-16-10-12-4-2-6-14-8-12;4*2-1-3;;/h1-10H;;;;;;/q;4*-1;2*+2/b15-9+,16-10+;;;;;;. The van der Waals surface area contributed by atoms with Crippen LogP contribution in [0.25, 0.3) is 21.6 Å². The van der Waals surface area contributed by atoms with Crippen LogP contribution in [0, 0.1) is 0 Å². The number of isothiocyanates is 4. The summed E-state index contributed by atoms with van der Waals surface area (Å²) >= 11 is 14.8. The second kappa shape index (κ2) is 38.3. The van der Waals surface area contributed by atoms with Crippen LogP contribution in [0.15, 0.2) is 59.3 Å². The smallest absolute Gasteiger partial charge is 0.753 e. The first kappa shape index (κ1) is 39.2. The van der Waals surface area contributed by atoms with E-state index in [9.17, 15) is 0 Å². The molecule has 2 rings (SSSR count). The summed E-state index contributed by atoms with van der Waals surface area (Å²) in [6.07, 6.45) is 10.2. The molecule has 0 saturated carbocycles. The molecule has 0 unspecified atom stereocenters. The molecule has 0 aliphatic heterocycles. The van der Waals surface area contributed by atoms with Gasteiger partial charge in [-0.05, 0) is 12.1 Å². The van der Waals surface area contributed by atoms with Gasteiger partial charge in [0.1, 0.15) is 0 Å². The van der Waals surface area contributed by atoms with E-state index in [4.69, 9.17) is 21.6 Å². The molecule has 14 heteroatoms. The SMILES string of the molecule is C(=N\N=C\c1cccnc1)/c1cccnc1.[N-]=C=S.[N-]=C=S.[N-]=C=S.[N-]=C=S.[Pb+2].[Pb+2]. The Balaban J connectivity index is -0.000000126. The molecule has 0 aliphatic rings. The van der Waals surface area contributed by atoms with Crippen LogP contribution in [-0.4, -0.2) is 97.6 Å². The van der Waals surface area contributed by atoms with Gasteiger partial charge in [0.05, 0.1) is 12.4 Å². The monoisotopic (exact) mass is 858 g/mol. The van der Waals surface area contributed by atoms with E-state index in [-0.39, 0.29) is 54.6 Å². The molecule has 30 heavy (non-hydrogen) atoms. The van der Waals surface area contributed by atoms with E-state index in [0.29, 0.717) is 0 Å². The molecule has 0 N–H and O–H groups in total. The number of nitrogens with zero attached hydrogens (tertiary/aromatic N) is 8. The van der Waals surface area contributed by atoms with Gasteiger partial charge in [0.15, 0.2) is 0 Å². The van der Waals surface area contributed by atoms with Gasteiger partial charge in [0, 0.05) is 35.9 Å². The molecule has 0 amide bonds. The van der Waals surface area contributed by atoms with Gasteiger partial charge in [-0.3, -0.25) is 9.97 Å². The molecule has 2 aromatic rings. The zero-order valence-electron chi connectivity index (χ0n) is 15.0. The van der Waals surface area contributed by atoms with Gasteiger partial charge in [-0.25, -0.2) is 0 Å². The fourth-order valence-electron chi connectivity index (χ4n) is 1.10. The average molecular weight is 857 g/mol. The Labute approximate surface area is 236 Å². The fourth-order valence-corrected chi connectivity index (χ4v) is 1.10. The Morgan fingerprint density at radius 1 is 0.667 bits per heavy atom. The van der Waals surface area contributed by atoms with Crippen LogP contribution in [0.2, 0.25) is 0 Å². The number of pyridine rings is 2. The Morgan fingerprint density at radius 2 is 0.933 bits per heavy atom. The Bertz CT molecular complexity index is 729. The number of rotatable bonds is 3. The van der Waals surface area contributed by atoms with Crippen molar-refractivity contribution in [2.45, 2.75) is 0 Å². The van der Waals surface area contributed by atoms with Crippen molar-refractivity contribution >= 4 is 137 Å². The maximum Gasteiger partial charge on any atom is 2.00 e. The molecule has 0 fully saturated rings. The summed E-state index contributed by atoms with van der Waals surface area (Å²) in [5, 5.41) is 41.7. The molecule has 8 nitrogen and oxygen atoms in total. The summed E-state index contributed by atoms with van der Waals surface area (Å²) in [4.78, 5) is 7.94. The van der Waals surface area contributed by atoms with Crippen LogP contribution < -0.4 is 0 Å². The summed E-state index contributed by atoms with van der Waals surface area (Å²) in [6.45, 7) is 0. The maximum atomic E-state index is 7.13. The van der Waals surface area contributed by atoms with Crippen molar-refractivity contribution in [2.75, 3.05) is 0 Å². The van der Waals surface area contributed by atoms with Crippen molar-refractivity contribution < 1.29 is 0 Å². The van der Waals surface area contributed by atoms with Crippen LogP contribution in [0.1, 0.15) is 11.1 Å². The molecule has 4 radical (unpaired) electrons. The molecule has 0 spiro atoms. The largest absolute Gasteiger partial charge is 2.00 e. The molecule has 0 saturated heterocycles. The predicted molar refractivity (Wildman–Crippen MR) is 139 cm³/mol. The summed E-state index contributed by atoms with van der Waals surface area (Å²) in [5.41, 5.74) is 1.84. The van der Waals surface area contributed by atoms with Crippen molar-refractivity contribution in [1.82, 2.24) is 9.97 Å². The fraction of sp³-hybridized carbons (Fsp3) is 0. The molecule has 0 aromatic carbocycles. The van der Waals surface area contributed by atoms with Gasteiger partial charge in [-0.1, -0.05) is 61.0 Å². The maximum absolute atomic E-state index is 7.13. The van der Waals surface area contributed by atoms with E-state index in [1.54, 1.807) is 37.2 Å². The Morgan fingerprint density at radius 3 is 1.13 bits per heavy atom. The average Bonchev–Trinajstić information content (AvgIpc) is 2.70. The van der Waals surface area contributed by atoms with Gasteiger partial charge in [0.2, 0.25) is 0 Å². The number of aromatic nitrogens is 2. The summed E-state index contributed by atoms with van der Waals surface area (Å²) in [7, 11) is 0. The van der Waals surface area contributed by atoms with E-state index < -0.39 is 0 Å². The van der Waals surface area contributed by atoms with Gasteiger partial charge in [-0.15, -0.1) is 0 Å². The van der Waals surface area contributed by atoms with Gasteiger partial charge in [-0.2, -0.15) is 30.8 Å². The molecular formula is C16H10N8Pb2S4. The van der Waals surface area contributed by atoms with Crippen molar-refractivity contribution in [2.24, 2.45) is 10.2 Å². The second-order valence-electron chi connectivity index (χ2n) is 3.43. The minimum atomic E-state index is 0. The van der Waals surface area contributed by atoms with E-state index in [2.05, 4.69) is 69.0 Å². The topological polar surface area (TPSA) is 140 Å². The zero-order valence-corrected chi connectivity index (χ0v) is 26.0. The van der Waals surface area contributed by atoms with Crippen molar-refractivity contribution in [1.29, 1.82) is 0 Å². The Kier molecular flexibility index (Phi) is 50.0. The molecule has 2 aromatic heterocycles. The third-order valence-electron chi connectivity index (χ3n) is 1.85. The molecule has 2 heterocycles. The first-order valence-corrected chi connectivity index (χ1v) is 8.16. The van der Waals surface area contributed by atoms with Gasteiger partial charge >= 0.3 is 54.6 Å². The minimum Gasteiger partial charge on any atom is -0.753 e. The van der Waals surface area contributed by atoms with Crippen LogP contribution in [0.3, 0.4) is 0 Å². The van der Waals surface area contributed by atoms with Crippen molar-refractivity contribution in [3.05, 3.63) is 81.8 Å². The van der Waals surface area contributed by atoms with Crippen LogP contribution in [0.4, 0.5) is 0 Å². The number of hydrogen-bond acceptors (Lipinski definition) is 8. The first-order valence-electron chi connectivity index (χ1n) is 6.53. The second-order valence-corrected chi connectivity index (χ2v) is 4.16. The van der Waals surface area contributed by atoms with Crippen LogP contribution in [0.5, 0.6) is 0 Å². The third kappa shape index (κ3) is 37.4. The van der Waals surface area contributed by atoms with Gasteiger partial charge < -0.3 is 21.6 Å². The van der Waals surface area contributed by atoms with E-state index in [0.717, 1.165) is 11.1 Å². The van der Waals surface area contributed by atoms with Crippen LogP contribution >= 0.6 is 48.9 Å². The van der Waals surface area contributed by atoms with Crippen molar-refractivity contribution in [3.63, 3.8) is 0 Å². The molecule has 0 aliphatic carbocycles. The number of hydrogen-bond donors (Lipinski definition) is 0. The quantitative estimate of drug-likeness (QED) is 0.199. The third-order valence-corrected chi connectivity index (χ3v) is 1.85. The number of thiocarbonyl (C=S) groups is 4. The van der Waals surface area contributed by atoms with Gasteiger partial charge in [0.25, 0.3) is 0 Å². The predicted octanol–water partition coefficient (Wildman–Crippen LogP) is 3.80. The summed E-state index contributed by atoms with van der Waals surface area (Å²) in [6, 6.07) is 7.53. The van der Waals surface area contributed by atoms with Crippen LogP contribution in [-0.2, 0) is 0 Å². The Hall–Kier alpha value is -1.32. The molecular weight excluding hydrogens is 847 g/mol. The zero-order chi connectivity index (χ0) is 21.9.